The molecule has 0 fully saturated rings. The Morgan fingerprint density at radius 2 is 1.93 bits per heavy atom. The second-order valence-electron chi connectivity index (χ2n) is 3.87. The molecule has 0 saturated carbocycles. The zero-order valence-corrected chi connectivity index (χ0v) is 9.96. The Balaban J connectivity index is 2.43. The zero-order valence-electron chi connectivity index (χ0n) is 9.06. The number of hydrogen-bond donors (Lipinski definition) is 1. The summed E-state index contributed by atoms with van der Waals surface area (Å²) in [5, 5.41) is 0. The van der Waals surface area contributed by atoms with Crippen molar-refractivity contribution in [3.8, 4) is 0 Å². The van der Waals surface area contributed by atoms with Crippen LogP contribution in [0.4, 0.5) is 0 Å². The Morgan fingerprint density at radius 1 is 1.33 bits per heavy atom. The zero-order chi connectivity index (χ0) is 11.3. The molecule has 2 nitrogen and oxygen atoms in total. The van der Waals surface area contributed by atoms with Crippen molar-refractivity contribution in [2.75, 3.05) is 6.61 Å². The lowest BCUT2D eigenvalue weighted by Gasteiger charge is -2.06. The largest absolute Gasteiger partial charge is 0.462 e. The number of ether oxygens (including phenoxy) is 1. The van der Waals surface area contributed by atoms with Crippen LogP contribution in [0.3, 0.4) is 0 Å². The molecule has 1 aromatic rings. The number of benzene rings is 1. The minimum absolute atomic E-state index is 0.260. The van der Waals surface area contributed by atoms with E-state index < -0.39 is 0 Å². The molecular weight excluding hydrogens is 208 g/mol. The van der Waals surface area contributed by atoms with Crippen LogP contribution >= 0.6 is 12.6 Å². The lowest BCUT2D eigenvalue weighted by molar-refractivity contribution is 0.0488. The molecule has 0 radical (unpaired) electrons. The van der Waals surface area contributed by atoms with Gasteiger partial charge in [-0.2, -0.15) is 0 Å². The highest BCUT2D eigenvalue weighted by Gasteiger charge is 2.06. The first-order valence-electron chi connectivity index (χ1n) is 5.05. The summed E-state index contributed by atoms with van der Waals surface area (Å²) < 4.78 is 5.11. The van der Waals surface area contributed by atoms with Crippen LogP contribution < -0.4 is 0 Å². The van der Waals surface area contributed by atoms with Crippen molar-refractivity contribution < 1.29 is 9.53 Å². The first kappa shape index (κ1) is 12.1. The highest BCUT2D eigenvalue weighted by Crippen LogP contribution is 2.09. The normalized spacial score (nSPS) is 10.4. The molecule has 0 aromatic heterocycles. The van der Waals surface area contributed by atoms with Crippen LogP contribution in [0.5, 0.6) is 0 Å². The van der Waals surface area contributed by atoms with Crippen molar-refractivity contribution in [1.29, 1.82) is 0 Å². The maximum absolute atomic E-state index is 11.5. The molecule has 15 heavy (non-hydrogen) atoms. The molecule has 0 heterocycles. The Morgan fingerprint density at radius 3 is 2.47 bits per heavy atom. The summed E-state index contributed by atoms with van der Waals surface area (Å²) >= 11 is 4.15. The molecule has 0 bridgehead atoms. The van der Waals surface area contributed by atoms with Gasteiger partial charge in [-0.05, 0) is 36.6 Å². The van der Waals surface area contributed by atoms with Gasteiger partial charge >= 0.3 is 5.97 Å². The third-order valence-electron chi connectivity index (χ3n) is 2.03. The van der Waals surface area contributed by atoms with Gasteiger partial charge in [0.05, 0.1) is 12.2 Å². The minimum atomic E-state index is -0.260. The van der Waals surface area contributed by atoms with Crippen molar-refractivity contribution in [3.05, 3.63) is 29.8 Å². The summed E-state index contributed by atoms with van der Waals surface area (Å²) in [7, 11) is 0. The van der Waals surface area contributed by atoms with Crippen molar-refractivity contribution in [1.82, 2.24) is 0 Å². The highest BCUT2D eigenvalue weighted by molar-refractivity contribution is 7.80. The Bertz CT molecular complexity index is 317. The van der Waals surface area contributed by atoms with E-state index in [2.05, 4.69) is 26.5 Å². The number of carbonyl (C=O) groups is 1. The predicted octanol–water partition coefficient (Wildman–Crippen LogP) is 3.18. The molecule has 0 N–H and O–H groups in total. The predicted molar refractivity (Wildman–Crippen MR) is 63.4 cm³/mol. The summed E-state index contributed by atoms with van der Waals surface area (Å²) in [5.74, 6) is 0.293. The van der Waals surface area contributed by atoms with Crippen molar-refractivity contribution in [2.24, 2.45) is 5.92 Å². The smallest absolute Gasteiger partial charge is 0.338 e. The molecule has 0 unspecified atom stereocenters. The first-order chi connectivity index (χ1) is 7.09. The molecule has 0 aliphatic rings. The summed E-state index contributed by atoms with van der Waals surface area (Å²) in [4.78, 5) is 12.3. The van der Waals surface area contributed by atoms with E-state index in [0.29, 0.717) is 18.1 Å². The van der Waals surface area contributed by atoms with Gasteiger partial charge in [0.2, 0.25) is 0 Å². The van der Waals surface area contributed by atoms with Gasteiger partial charge < -0.3 is 4.74 Å². The first-order valence-corrected chi connectivity index (χ1v) is 5.50. The summed E-state index contributed by atoms with van der Waals surface area (Å²) in [6.45, 7) is 4.69. The summed E-state index contributed by atoms with van der Waals surface area (Å²) in [6.07, 6.45) is 0.899. The third kappa shape index (κ3) is 4.38. The van der Waals surface area contributed by atoms with Gasteiger partial charge in [0.25, 0.3) is 0 Å². The van der Waals surface area contributed by atoms with E-state index >= 15 is 0 Å². The van der Waals surface area contributed by atoms with Crippen molar-refractivity contribution in [3.63, 3.8) is 0 Å². The molecule has 0 atom stereocenters. The average molecular weight is 224 g/mol. The molecule has 0 saturated heterocycles. The fourth-order valence-corrected chi connectivity index (χ4v) is 1.22. The standard InChI is InChI=1S/C12H16O2S/c1-9(2)7-8-14-12(13)10-3-5-11(15)6-4-10/h3-6,9,15H,7-8H2,1-2H3. The molecule has 82 valence electrons. The lowest BCUT2D eigenvalue weighted by atomic mass is 10.1. The fraction of sp³-hybridized carbons (Fsp3) is 0.417. The van der Waals surface area contributed by atoms with Crippen molar-refractivity contribution >= 4 is 18.6 Å². The number of hydrogen-bond acceptors (Lipinski definition) is 3. The molecule has 0 aliphatic heterocycles. The molecular formula is C12H16O2S. The van der Waals surface area contributed by atoms with Crippen LogP contribution in [0, 0.1) is 5.92 Å². The summed E-state index contributed by atoms with van der Waals surface area (Å²) in [6, 6.07) is 7.00. The van der Waals surface area contributed by atoms with E-state index in [1.54, 1.807) is 24.3 Å². The Kier molecular flexibility index (Phi) is 4.69. The van der Waals surface area contributed by atoms with Gasteiger partial charge in [-0.3, -0.25) is 0 Å². The highest BCUT2D eigenvalue weighted by atomic mass is 32.1. The average Bonchev–Trinajstić information content (AvgIpc) is 2.18. The van der Waals surface area contributed by atoms with Crippen molar-refractivity contribution in [2.45, 2.75) is 25.2 Å². The van der Waals surface area contributed by atoms with Crippen LogP contribution in [-0.4, -0.2) is 12.6 Å². The quantitative estimate of drug-likeness (QED) is 0.628. The van der Waals surface area contributed by atoms with Gasteiger partial charge in [-0.25, -0.2) is 4.79 Å². The Hall–Kier alpha value is -0.960. The van der Waals surface area contributed by atoms with Gasteiger partial charge in [-0.1, -0.05) is 13.8 Å². The molecule has 1 aromatic carbocycles. The minimum Gasteiger partial charge on any atom is -0.462 e. The van der Waals surface area contributed by atoms with Gasteiger partial charge in [0.1, 0.15) is 0 Å². The Labute approximate surface area is 96.1 Å². The topological polar surface area (TPSA) is 26.3 Å². The fourth-order valence-electron chi connectivity index (χ4n) is 1.07. The van der Waals surface area contributed by atoms with Crippen LogP contribution in [0.2, 0.25) is 0 Å². The van der Waals surface area contributed by atoms with Gasteiger partial charge in [0.15, 0.2) is 0 Å². The lowest BCUT2D eigenvalue weighted by Crippen LogP contribution is -2.07. The monoisotopic (exact) mass is 224 g/mol. The maximum Gasteiger partial charge on any atom is 0.338 e. The number of rotatable bonds is 4. The van der Waals surface area contributed by atoms with E-state index in [0.717, 1.165) is 11.3 Å². The molecule has 0 amide bonds. The second-order valence-corrected chi connectivity index (χ2v) is 4.38. The van der Waals surface area contributed by atoms with E-state index in [4.69, 9.17) is 4.74 Å². The molecule has 3 heteroatoms. The van der Waals surface area contributed by atoms with Crippen LogP contribution in [0.15, 0.2) is 29.2 Å². The SMILES string of the molecule is CC(C)CCOC(=O)c1ccc(S)cc1. The van der Waals surface area contributed by atoms with E-state index in [1.165, 1.54) is 0 Å². The van der Waals surface area contributed by atoms with Crippen LogP contribution in [0.25, 0.3) is 0 Å². The van der Waals surface area contributed by atoms with E-state index in [-0.39, 0.29) is 5.97 Å². The maximum atomic E-state index is 11.5. The number of carbonyl (C=O) groups excluding carboxylic acids is 1. The number of esters is 1. The molecule has 0 spiro atoms. The number of thiol groups is 1. The second kappa shape index (κ2) is 5.81. The van der Waals surface area contributed by atoms with Gasteiger partial charge in [0, 0.05) is 4.90 Å². The van der Waals surface area contributed by atoms with Gasteiger partial charge in [-0.15, -0.1) is 12.6 Å². The van der Waals surface area contributed by atoms with E-state index in [1.807, 2.05) is 0 Å². The van der Waals surface area contributed by atoms with Crippen LogP contribution in [-0.2, 0) is 4.74 Å². The third-order valence-corrected chi connectivity index (χ3v) is 2.33. The molecule has 0 aliphatic carbocycles. The molecule has 1 rings (SSSR count). The van der Waals surface area contributed by atoms with Crippen LogP contribution in [0.1, 0.15) is 30.6 Å². The van der Waals surface area contributed by atoms with E-state index in [9.17, 15) is 4.79 Å². The summed E-state index contributed by atoms with van der Waals surface area (Å²) in [5.41, 5.74) is 0.580.